The second-order valence-electron chi connectivity index (χ2n) is 7.87. The Bertz CT molecular complexity index is 679. The van der Waals surface area contributed by atoms with E-state index in [0.29, 0.717) is 17.9 Å². The van der Waals surface area contributed by atoms with Gasteiger partial charge in [-0.2, -0.15) is 23.5 Å². The van der Waals surface area contributed by atoms with Crippen molar-refractivity contribution < 1.29 is 29.1 Å². The van der Waals surface area contributed by atoms with E-state index in [9.17, 15) is 29.1 Å². The van der Waals surface area contributed by atoms with E-state index in [1.54, 1.807) is 13.8 Å². The van der Waals surface area contributed by atoms with Crippen molar-refractivity contribution in [3.63, 3.8) is 0 Å². The maximum Gasteiger partial charge on any atom is 0.326 e. The fourth-order valence-electron chi connectivity index (χ4n) is 2.76. The number of carboxylic acid groups (broad SMARTS) is 1. The molecule has 0 saturated carbocycles. The molecule has 0 heterocycles. The summed E-state index contributed by atoms with van der Waals surface area (Å²) in [4.78, 5) is 60.5. The first-order chi connectivity index (χ1) is 15.4. The largest absolute Gasteiger partial charge is 0.480 e. The van der Waals surface area contributed by atoms with Crippen LogP contribution in [0, 0.1) is 5.92 Å². The van der Waals surface area contributed by atoms with Crippen LogP contribution in [0.25, 0.3) is 0 Å². The van der Waals surface area contributed by atoms with Crippen molar-refractivity contribution in [2.75, 3.05) is 24.0 Å². The summed E-state index contributed by atoms with van der Waals surface area (Å²) in [5, 5.41) is 17.1. The number of aliphatic carboxylic acids is 1. The quantitative estimate of drug-likeness (QED) is 0.147. The van der Waals surface area contributed by atoms with E-state index in [0.717, 1.165) is 0 Å². The van der Waals surface area contributed by atoms with Gasteiger partial charge in [0, 0.05) is 6.42 Å². The molecule has 0 bridgehead atoms. The highest BCUT2D eigenvalue weighted by atomic mass is 32.2. The normalized spacial score (nSPS) is 14.6. The predicted octanol–water partition coefficient (Wildman–Crippen LogP) is -0.720. The summed E-state index contributed by atoms with van der Waals surface area (Å²) in [6.45, 7) is 3.34. The number of hydrogen-bond donors (Lipinski definition) is 6. The molecule has 0 saturated heterocycles. The molecule has 0 aromatic rings. The molecule has 0 radical (unpaired) electrons. The lowest BCUT2D eigenvalue weighted by molar-refractivity contribution is -0.143. The van der Waals surface area contributed by atoms with E-state index in [2.05, 4.69) is 16.0 Å². The molecule has 0 aliphatic rings. The second-order valence-corrected chi connectivity index (χ2v) is 9.84. The molecule has 0 fully saturated rings. The van der Waals surface area contributed by atoms with Crippen molar-refractivity contribution in [3.8, 4) is 0 Å². The van der Waals surface area contributed by atoms with Gasteiger partial charge in [0.15, 0.2) is 0 Å². The topological polar surface area (TPSA) is 194 Å². The zero-order valence-electron chi connectivity index (χ0n) is 19.6. The van der Waals surface area contributed by atoms with Gasteiger partial charge >= 0.3 is 5.97 Å². The van der Waals surface area contributed by atoms with Gasteiger partial charge in [-0.15, -0.1) is 0 Å². The predicted molar refractivity (Wildman–Crippen MR) is 131 cm³/mol. The summed E-state index contributed by atoms with van der Waals surface area (Å²) in [5.74, 6) is -2.76. The molecule has 0 spiro atoms. The van der Waals surface area contributed by atoms with Gasteiger partial charge in [0.25, 0.3) is 0 Å². The van der Waals surface area contributed by atoms with Crippen LogP contribution in [0.5, 0.6) is 0 Å². The minimum Gasteiger partial charge on any atom is -0.480 e. The Morgan fingerprint density at radius 3 is 1.67 bits per heavy atom. The number of carbonyl (C=O) groups excluding carboxylic acids is 4. The van der Waals surface area contributed by atoms with Gasteiger partial charge in [-0.1, -0.05) is 13.8 Å². The number of hydrogen-bond acceptors (Lipinski definition) is 8. The molecule has 0 rings (SSSR count). The number of nitrogens with one attached hydrogen (secondary N) is 3. The van der Waals surface area contributed by atoms with Gasteiger partial charge in [0.1, 0.15) is 18.1 Å². The van der Waals surface area contributed by atoms with Crippen LogP contribution < -0.4 is 27.4 Å². The highest BCUT2D eigenvalue weighted by Gasteiger charge is 2.31. The number of primary amides is 1. The SMILES string of the molecule is CSCCC(NC(=O)C(N)CCC(N)=O)C(=O)NC(CCSC)C(=O)NC(C(=O)O)C(C)C. The van der Waals surface area contributed by atoms with Crippen LogP contribution in [0.2, 0.25) is 0 Å². The number of nitrogens with two attached hydrogens (primary N) is 2. The molecule has 0 aliphatic carbocycles. The molecule has 33 heavy (non-hydrogen) atoms. The molecular formula is C20H37N5O6S2. The molecule has 0 aromatic heterocycles. The summed E-state index contributed by atoms with van der Waals surface area (Å²) < 4.78 is 0. The second kappa shape index (κ2) is 16.6. The maximum absolute atomic E-state index is 13.0. The van der Waals surface area contributed by atoms with Crippen LogP contribution in [0.3, 0.4) is 0 Å². The van der Waals surface area contributed by atoms with Crippen molar-refractivity contribution in [2.45, 2.75) is 63.7 Å². The third-order valence-corrected chi connectivity index (χ3v) is 6.04. The van der Waals surface area contributed by atoms with Crippen molar-refractivity contribution >= 4 is 53.1 Å². The van der Waals surface area contributed by atoms with Gasteiger partial charge in [-0.3, -0.25) is 19.2 Å². The minimum absolute atomic E-state index is 0.0442. The Morgan fingerprint density at radius 2 is 1.27 bits per heavy atom. The monoisotopic (exact) mass is 507 g/mol. The lowest BCUT2D eigenvalue weighted by atomic mass is 10.0. The molecule has 4 atom stereocenters. The van der Waals surface area contributed by atoms with Crippen LogP contribution in [0.15, 0.2) is 0 Å². The van der Waals surface area contributed by atoms with Gasteiger partial charge in [0.05, 0.1) is 6.04 Å². The van der Waals surface area contributed by atoms with Crippen molar-refractivity contribution in [2.24, 2.45) is 17.4 Å². The zero-order valence-corrected chi connectivity index (χ0v) is 21.2. The van der Waals surface area contributed by atoms with E-state index in [1.165, 1.54) is 23.5 Å². The van der Waals surface area contributed by atoms with Gasteiger partial charge < -0.3 is 32.5 Å². The number of carbonyl (C=O) groups is 5. The zero-order chi connectivity index (χ0) is 25.6. The molecule has 11 nitrogen and oxygen atoms in total. The number of amides is 4. The van der Waals surface area contributed by atoms with Gasteiger partial charge in [-0.05, 0) is 49.2 Å². The fourth-order valence-corrected chi connectivity index (χ4v) is 3.70. The summed E-state index contributed by atoms with van der Waals surface area (Å²) in [6, 6.07) is -4.03. The molecule has 4 unspecified atom stereocenters. The fraction of sp³-hybridized carbons (Fsp3) is 0.750. The van der Waals surface area contributed by atoms with E-state index in [-0.39, 0.29) is 25.2 Å². The van der Waals surface area contributed by atoms with Gasteiger partial charge in [-0.25, -0.2) is 4.79 Å². The third kappa shape index (κ3) is 12.7. The molecule has 8 N–H and O–H groups in total. The number of thioether (sulfide) groups is 2. The standard InChI is InChI=1S/C20H37N5O6S2/c1-11(2)16(20(30)31)25-19(29)14(8-10-33-4)24-18(28)13(7-9-32-3)23-17(27)12(21)5-6-15(22)26/h11-14,16H,5-10,21H2,1-4H3,(H2,22,26)(H,23,27)(H,24,28)(H,25,29)(H,30,31). The highest BCUT2D eigenvalue weighted by molar-refractivity contribution is 7.98. The third-order valence-electron chi connectivity index (χ3n) is 4.76. The molecule has 13 heteroatoms. The Balaban J connectivity index is 5.38. The van der Waals surface area contributed by atoms with E-state index >= 15 is 0 Å². The van der Waals surface area contributed by atoms with Crippen LogP contribution in [-0.2, 0) is 24.0 Å². The average Bonchev–Trinajstić information content (AvgIpc) is 2.74. The number of rotatable bonds is 17. The Kier molecular flexibility index (Phi) is 15.6. The van der Waals surface area contributed by atoms with E-state index in [4.69, 9.17) is 11.5 Å². The van der Waals surface area contributed by atoms with Crippen molar-refractivity contribution in [1.82, 2.24) is 16.0 Å². The van der Waals surface area contributed by atoms with Crippen LogP contribution >= 0.6 is 23.5 Å². The first kappa shape index (κ1) is 31.0. The molecule has 0 aliphatic heterocycles. The van der Waals surface area contributed by atoms with Crippen molar-refractivity contribution in [3.05, 3.63) is 0 Å². The summed E-state index contributed by atoms with van der Waals surface area (Å²) in [5.41, 5.74) is 10.9. The molecule has 190 valence electrons. The Hall–Kier alpha value is -1.99. The highest BCUT2D eigenvalue weighted by Crippen LogP contribution is 2.08. The summed E-state index contributed by atoms with van der Waals surface area (Å²) >= 11 is 2.95. The summed E-state index contributed by atoms with van der Waals surface area (Å²) in [7, 11) is 0. The van der Waals surface area contributed by atoms with Crippen LogP contribution in [0.1, 0.15) is 39.5 Å². The first-order valence-electron chi connectivity index (χ1n) is 10.6. The Morgan fingerprint density at radius 1 is 0.818 bits per heavy atom. The Labute approximate surface area is 203 Å². The smallest absolute Gasteiger partial charge is 0.326 e. The average molecular weight is 508 g/mol. The first-order valence-corrected chi connectivity index (χ1v) is 13.4. The summed E-state index contributed by atoms with van der Waals surface area (Å²) in [6.07, 6.45) is 4.25. The van der Waals surface area contributed by atoms with Gasteiger partial charge in [0.2, 0.25) is 23.6 Å². The molecule has 4 amide bonds. The van der Waals surface area contributed by atoms with Crippen LogP contribution in [0.4, 0.5) is 0 Å². The maximum atomic E-state index is 13.0. The molecular weight excluding hydrogens is 470 g/mol. The van der Waals surface area contributed by atoms with Crippen molar-refractivity contribution in [1.29, 1.82) is 0 Å². The van der Waals surface area contributed by atoms with E-state index < -0.39 is 53.8 Å². The van der Waals surface area contributed by atoms with E-state index in [1.807, 2.05) is 12.5 Å². The minimum atomic E-state index is -1.16. The number of carboxylic acids is 1. The lowest BCUT2D eigenvalue weighted by Gasteiger charge is -2.26. The lowest BCUT2D eigenvalue weighted by Crippen LogP contribution is -2.57. The molecule has 0 aromatic carbocycles. The van der Waals surface area contributed by atoms with Crippen LogP contribution in [-0.4, -0.2) is 82.9 Å².